The van der Waals surface area contributed by atoms with Gasteiger partial charge >= 0.3 is 5.97 Å². The van der Waals surface area contributed by atoms with Crippen molar-refractivity contribution in [3.8, 4) is 0 Å². The van der Waals surface area contributed by atoms with Crippen molar-refractivity contribution in [1.82, 2.24) is 0 Å². The van der Waals surface area contributed by atoms with Gasteiger partial charge in [-0.15, -0.1) is 0 Å². The lowest BCUT2D eigenvalue weighted by Crippen LogP contribution is -3.00. The molecule has 0 N–H and O–H groups in total. The van der Waals surface area contributed by atoms with Gasteiger partial charge in [0.2, 0.25) is 6.73 Å². The highest BCUT2D eigenvalue weighted by atomic mass is 79.9. The van der Waals surface area contributed by atoms with E-state index in [4.69, 9.17) is 4.74 Å². The van der Waals surface area contributed by atoms with E-state index in [9.17, 15) is 4.79 Å². The first kappa shape index (κ1) is 21.9. The van der Waals surface area contributed by atoms with E-state index < -0.39 is 0 Å². The average molecular weight is 350 g/mol. The zero-order chi connectivity index (χ0) is 14.6. The van der Waals surface area contributed by atoms with Gasteiger partial charge in [0, 0.05) is 6.08 Å². The van der Waals surface area contributed by atoms with Crippen LogP contribution < -0.4 is 17.0 Å². The van der Waals surface area contributed by atoms with Crippen LogP contribution in [0.25, 0.3) is 0 Å². The second-order valence-corrected chi connectivity index (χ2v) is 5.63. The Morgan fingerprint density at radius 2 is 1.65 bits per heavy atom. The second kappa shape index (κ2) is 13.6. The zero-order valence-electron chi connectivity index (χ0n) is 13.5. The highest BCUT2D eigenvalue weighted by molar-refractivity contribution is 5.81. The van der Waals surface area contributed by atoms with Crippen molar-refractivity contribution in [3.63, 3.8) is 0 Å². The lowest BCUT2D eigenvalue weighted by atomic mass is 10.1. The zero-order valence-corrected chi connectivity index (χ0v) is 15.1. The Bertz CT molecular complexity index is 259. The third-order valence-electron chi connectivity index (χ3n) is 3.50. The third-order valence-corrected chi connectivity index (χ3v) is 3.50. The summed E-state index contributed by atoms with van der Waals surface area (Å²) in [4.78, 5) is 11.2. The fourth-order valence-corrected chi connectivity index (χ4v) is 2.33. The smallest absolute Gasteiger partial charge is 0.334 e. The fraction of sp³-hybridized carbons (Fsp3) is 0.812. The predicted molar refractivity (Wildman–Crippen MR) is 80.7 cm³/mol. The van der Waals surface area contributed by atoms with Crippen molar-refractivity contribution in [1.29, 1.82) is 0 Å². The molecule has 0 aromatic rings. The first-order valence-electron chi connectivity index (χ1n) is 7.70. The number of esters is 1. The maximum Gasteiger partial charge on any atom is 0.334 e. The molecule has 0 amide bonds. The van der Waals surface area contributed by atoms with E-state index in [2.05, 4.69) is 27.5 Å². The Morgan fingerprint density at radius 1 is 1.05 bits per heavy atom. The summed E-state index contributed by atoms with van der Waals surface area (Å²) >= 11 is 0. The summed E-state index contributed by atoms with van der Waals surface area (Å²) in [7, 11) is 2.17. The summed E-state index contributed by atoms with van der Waals surface area (Å²) in [6.07, 6.45) is 10.2. The van der Waals surface area contributed by atoms with E-state index in [0.29, 0.717) is 6.73 Å². The summed E-state index contributed by atoms with van der Waals surface area (Å²) in [5.74, 6) is -0.316. The van der Waals surface area contributed by atoms with E-state index in [-0.39, 0.29) is 23.0 Å². The van der Waals surface area contributed by atoms with Crippen molar-refractivity contribution >= 4 is 5.97 Å². The Hall–Kier alpha value is -0.350. The van der Waals surface area contributed by atoms with Crippen molar-refractivity contribution in [2.75, 3.05) is 26.9 Å². The summed E-state index contributed by atoms with van der Waals surface area (Å²) in [6.45, 7) is 10.5. The summed E-state index contributed by atoms with van der Waals surface area (Å²) in [6, 6.07) is 0. The van der Waals surface area contributed by atoms with Crippen molar-refractivity contribution in [2.24, 2.45) is 0 Å². The molecule has 0 aromatic carbocycles. The maximum absolute atomic E-state index is 11.2. The SMILES string of the molecule is C=CC(=O)OC[N+](C)(CCC)CCCCCCCC.[Br-]. The van der Waals surface area contributed by atoms with Gasteiger partial charge in [-0.3, -0.25) is 4.48 Å². The van der Waals surface area contributed by atoms with E-state index in [1.165, 1.54) is 44.6 Å². The van der Waals surface area contributed by atoms with Crippen LogP contribution in [0.2, 0.25) is 0 Å². The molecule has 0 aliphatic heterocycles. The predicted octanol–water partition coefficient (Wildman–Crippen LogP) is 0.894. The molecule has 4 heteroatoms. The Kier molecular flexibility index (Phi) is 14.9. The van der Waals surface area contributed by atoms with Crippen LogP contribution in [-0.4, -0.2) is 37.3 Å². The second-order valence-electron chi connectivity index (χ2n) is 5.63. The topological polar surface area (TPSA) is 26.3 Å². The van der Waals surface area contributed by atoms with Gasteiger partial charge in [-0.25, -0.2) is 4.79 Å². The first-order valence-corrected chi connectivity index (χ1v) is 7.70. The molecule has 1 atom stereocenters. The van der Waals surface area contributed by atoms with Gasteiger partial charge in [-0.1, -0.05) is 46.1 Å². The molecule has 0 spiro atoms. The number of carbonyl (C=O) groups excluding carboxylic acids is 1. The fourth-order valence-electron chi connectivity index (χ4n) is 2.33. The molecule has 0 radical (unpaired) electrons. The van der Waals surface area contributed by atoms with Gasteiger partial charge in [0.15, 0.2) is 0 Å². The molecule has 0 aromatic heterocycles. The standard InChI is InChI=1S/C16H32NO2.BrH/c1-5-8-9-10-11-12-14-17(4,13-6-2)15-19-16(18)7-3;/h7H,3,5-6,8-15H2,1-2,4H3;1H/q+1;/p-1. The number of halogens is 1. The van der Waals surface area contributed by atoms with Crippen molar-refractivity contribution in [2.45, 2.75) is 58.8 Å². The minimum absolute atomic E-state index is 0. The monoisotopic (exact) mass is 349 g/mol. The molecule has 120 valence electrons. The molecular formula is C16H32BrNO2. The van der Waals surface area contributed by atoms with Crippen LogP contribution in [-0.2, 0) is 9.53 Å². The number of hydrogen-bond donors (Lipinski definition) is 0. The molecule has 20 heavy (non-hydrogen) atoms. The summed E-state index contributed by atoms with van der Waals surface area (Å²) < 4.78 is 6.04. The number of hydrogen-bond acceptors (Lipinski definition) is 2. The Balaban J connectivity index is 0. The average Bonchev–Trinajstić information content (AvgIpc) is 2.40. The lowest BCUT2D eigenvalue weighted by molar-refractivity contribution is -0.925. The van der Waals surface area contributed by atoms with Crippen LogP contribution in [0.15, 0.2) is 12.7 Å². The number of ether oxygens (including phenoxy) is 1. The molecule has 3 nitrogen and oxygen atoms in total. The molecule has 0 heterocycles. The number of carbonyl (C=O) groups is 1. The number of unbranched alkanes of at least 4 members (excludes halogenated alkanes) is 5. The molecule has 0 aliphatic rings. The number of nitrogens with zero attached hydrogens (tertiary/aromatic N) is 1. The van der Waals surface area contributed by atoms with Crippen LogP contribution >= 0.6 is 0 Å². The van der Waals surface area contributed by atoms with Gasteiger partial charge in [0.05, 0.1) is 20.1 Å². The van der Waals surface area contributed by atoms with Crippen molar-refractivity contribution < 1.29 is 31.0 Å². The van der Waals surface area contributed by atoms with Gasteiger partial charge < -0.3 is 21.7 Å². The molecule has 0 bridgehead atoms. The van der Waals surface area contributed by atoms with Gasteiger partial charge in [0.1, 0.15) is 0 Å². The molecule has 0 saturated carbocycles. The van der Waals surface area contributed by atoms with Crippen LogP contribution in [0.5, 0.6) is 0 Å². The Labute approximate surface area is 135 Å². The van der Waals surface area contributed by atoms with Crippen LogP contribution in [0.4, 0.5) is 0 Å². The number of rotatable bonds is 12. The van der Waals surface area contributed by atoms with Gasteiger partial charge in [-0.2, -0.15) is 0 Å². The van der Waals surface area contributed by atoms with Gasteiger partial charge in [0.25, 0.3) is 0 Å². The van der Waals surface area contributed by atoms with E-state index in [1.54, 1.807) is 0 Å². The Morgan fingerprint density at radius 3 is 2.20 bits per heavy atom. The normalized spacial score (nSPS) is 13.2. The highest BCUT2D eigenvalue weighted by Crippen LogP contribution is 2.11. The largest absolute Gasteiger partial charge is 1.00 e. The quantitative estimate of drug-likeness (QED) is 0.172. The first-order chi connectivity index (χ1) is 9.08. The minimum Gasteiger partial charge on any atom is -1.00 e. The van der Waals surface area contributed by atoms with Crippen LogP contribution in [0, 0.1) is 0 Å². The lowest BCUT2D eigenvalue weighted by Gasteiger charge is -2.33. The van der Waals surface area contributed by atoms with Crippen LogP contribution in [0.1, 0.15) is 58.8 Å². The van der Waals surface area contributed by atoms with E-state index in [0.717, 1.165) is 24.0 Å². The van der Waals surface area contributed by atoms with Gasteiger partial charge in [-0.05, 0) is 19.3 Å². The highest BCUT2D eigenvalue weighted by Gasteiger charge is 2.21. The summed E-state index contributed by atoms with van der Waals surface area (Å²) in [5, 5.41) is 0. The maximum atomic E-state index is 11.2. The molecular weight excluding hydrogens is 318 g/mol. The van der Waals surface area contributed by atoms with Crippen LogP contribution in [0.3, 0.4) is 0 Å². The molecule has 0 fully saturated rings. The molecule has 0 saturated heterocycles. The molecule has 0 aliphatic carbocycles. The van der Waals surface area contributed by atoms with Crippen molar-refractivity contribution in [3.05, 3.63) is 12.7 Å². The molecule has 0 rings (SSSR count). The summed E-state index contributed by atoms with van der Waals surface area (Å²) in [5.41, 5.74) is 0. The van der Waals surface area contributed by atoms with E-state index in [1.807, 2.05) is 0 Å². The number of quaternary nitrogens is 1. The minimum atomic E-state index is -0.316. The molecule has 1 unspecified atom stereocenters. The van der Waals surface area contributed by atoms with E-state index >= 15 is 0 Å². The third kappa shape index (κ3) is 11.5.